The van der Waals surface area contributed by atoms with E-state index in [2.05, 4.69) is 41.9 Å². The summed E-state index contributed by atoms with van der Waals surface area (Å²) in [5.74, 6) is 0.435. The van der Waals surface area contributed by atoms with Gasteiger partial charge in [-0.05, 0) is 54.8 Å². The van der Waals surface area contributed by atoms with Gasteiger partial charge in [-0.3, -0.25) is 4.21 Å². The monoisotopic (exact) mass is 351 g/mol. The third kappa shape index (κ3) is 3.78. The van der Waals surface area contributed by atoms with Crippen molar-refractivity contribution in [1.82, 2.24) is 0 Å². The molecule has 0 aliphatic heterocycles. The molecule has 106 valence electrons. The Bertz CT molecular complexity index is 625. The molecule has 0 amide bonds. The first-order valence-electron chi connectivity index (χ1n) is 6.44. The number of hydrogen-bond donors (Lipinski definition) is 1. The van der Waals surface area contributed by atoms with Crippen LogP contribution in [0.25, 0.3) is 0 Å². The number of nitrogens with two attached hydrogens (primary N) is 1. The molecule has 2 nitrogen and oxygen atoms in total. The van der Waals surface area contributed by atoms with Crippen molar-refractivity contribution >= 4 is 26.7 Å². The van der Waals surface area contributed by atoms with Crippen LogP contribution in [0.1, 0.15) is 22.7 Å². The van der Waals surface area contributed by atoms with Crippen molar-refractivity contribution < 1.29 is 4.21 Å². The molecule has 2 unspecified atom stereocenters. The predicted octanol–water partition coefficient (Wildman–Crippen LogP) is 3.87. The Morgan fingerprint density at radius 2 is 1.75 bits per heavy atom. The minimum Gasteiger partial charge on any atom is -0.323 e. The first-order valence-corrected chi connectivity index (χ1v) is 8.55. The van der Waals surface area contributed by atoms with Crippen LogP contribution in [0.3, 0.4) is 0 Å². The quantitative estimate of drug-likeness (QED) is 0.908. The maximum Gasteiger partial charge on any atom is 0.0548 e. The number of hydrogen-bond acceptors (Lipinski definition) is 2. The summed E-state index contributed by atoms with van der Waals surface area (Å²) in [5, 5.41) is 0. The molecule has 2 atom stereocenters. The highest BCUT2D eigenvalue weighted by molar-refractivity contribution is 9.10. The minimum absolute atomic E-state index is 0.209. The van der Waals surface area contributed by atoms with Gasteiger partial charge in [-0.15, -0.1) is 0 Å². The predicted molar refractivity (Wildman–Crippen MR) is 88.3 cm³/mol. The van der Waals surface area contributed by atoms with Gasteiger partial charge >= 0.3 is 0 Å². The molecule has 4 heteroatoms. The van der Waals surface area contributed by atoms with Crippen LogP contribution in [-0.2, 0) is 10.8 Å². The Hall–Kier alpha value is -0.970. The van der Waals surface area contributed by atoms with Gasteiger partial charge < -0.3 is 5.73 Å². The summed E-state index contributed by atoms with van der Waals surface area (Å²) < 4.78 is 13.3. The summed E-state index contributed by atoms with van der Waals surface area (Å²) in [7, 11) is -1.08. The lowest BCUT2D eigenvalue weighted by atomic mass is 10.0. The van der Waals surface area contributed by atoms with Gasteiger partial charge in [0.15, 0.2) is 0 Å². The molecule has 2 aromatic rings. The summed E-state index contributed by atoms with van der Waals surface area (Å²) in [4.78, 5) is 0.812. The summed E-state index contributed by atoms with van der Waals surface area (Å²) in [5.41, 5.74) is 9.68. The van der Waals surface area contributed by atoms with Crippen molar-refractivity contribution in [2.45, 2.75) is 24.8 Å². The Morgan fingerprint density at radius 1 is 1.10 bits per heavy atom. The van der Waals surface area contributed by atoms with Gasteiger partial charge in [-0.2, -0.15) is 0 Å². The topological polar surface area (TPSA) is 43.1 Å². The maximum absolute atomic E-state index is 12.3. The highest BCUT2D eigenvalue weighted by Crippen LogP contribution is 2.19. The SMILES string of the molecule is Cc1ccc(C(N)CS(=O)c2ccc(Br)cc2)cc1C. The van der Waals surface area contributed by atoms with Crippen LogP contribution in [-0.4, -0.2) is 9.96 Å². The fraction of sp³-hybridized carbons (Fsp3) is 0.250. The number of benzene rings is 2. The molecular formula is C16H18BrNOS. The van der Waals surface area contributed by atoms with Crippen molar-refractivity contribution in [2.75, 3.05) is 5.75 Å². The van der Waals surface area contributed by atoms with Crippen LogP contribution in [0.2, 0.25) is 0 Å². The molecular weight excluding hydrogens is 334 g/mol. The summed E-state index contributed by atoms with van der Waals surface area (Å²) in [6, 6.07) is 13.5. The number of rotatable bonds is 4. The minimum atomic E-state index is -1.08. The second-order valence-electron chi connectivity index (χ2n) is 4.92. The highest BCUT2D eigenvalue weighted by Gasteiger charge is 2.12. The molecule has 20 heavy (non-hydrogen) atoms. The highest BCUT2D eigenvalue weighted by atomic mass is 79.9. The molecule has 2 N–H and O–H groups in total. The second kappa shape index (κ2) is 6.66. The largest absolute Gasteiger partial charge is 0.323 e. The lowest BCUT2D eigenvalue weighted by Crippen LogP contribution is -2.18. The third-order valence-corrected chi connectivity index (χ3v) is 5.36. The summed E-state index contributed by atoms with van der Waals surface area (Å²) in [6.45, 7) is 4.14. The molecule has 0 aliphatic carbocycles. The van der Waals surface area contributed by atoms with Gasteiger partial charge in [-0.25, -0.2) is 0 Å². The summed E-state index contributed by atoms with van der Waals surface area (Å²) in [6.07, 6.45) is 0. The standard InChI is InChI=1S/C16H18BrNOS/c1-11-3-4-13(9-12(11)2)16(18)10-20(19)15-7-5-14(17)6-8-15/h3-9,16H,10,18H2,1-2H3. The smallest absolute Gasteiger partial charge is 0.0548 e. The molecule has 0 saturated heterocycles. The van der Waals surface area contributed by atoms with E-state index in [0.29, 0.717) is 5.75 Å². The Morgan fingerprint density at radius 3 is 2.35 bits per heavy atom. The van der Waals surface area contributed by atoms with Crippen LogP contribution in [0, 0.1) is 13.8 Å². The molecule has 0 fully saturated rings. The van der Waals surface area contributed by atoms with Gasteiger partial charge in [0.1, 0.15) is 0 Å². The van der Waals surface area contributed by atoms with Crippen molar-refractivity contribution in [3.63, 3.8) is 0 Å². The third-order valence-electron chi connectivity index (χ3n) is 3.37. The van der Waals surface area contributed by atoms with Crippen LogP contribution < -0.4 is 5.73 Å². The van der Waals surface area contributed by atoms with Crippen molar-refractivity contribution in [3.8, 4) is 0 Å². The van der Waals surface area contributed by atoms with E-state index in [1.165, 1.54) is 11.1 Å². The molecule has 2 rings (SSSR count). The average molecular weight is 352 g/mol. The van der Waals surface area contributed by atoms with E-state index in [1.807, 2.05) is 30.3 Å². The first-order chi connectivity index (χ1) is 9.47. The lowest BCUT2D eigenvalue weighted by molar-refractivity contribution is 0.675. The first kappa shape index (κ1) is 15.4. The molecule has 0 heterocycles. The molecule has 0 aliphatic rings. The van der Waals surface area contributed by atoms with E-state index in [4.69, 9.17) is 5.73 Å². The maximum atomic E-state index is 12.3. The van der Waals surface area contributed by atoms with Gasteiger partial charge in [0.2, 0.25) is 0 Å². The molecule has 0 spiro atoms. The Kier molecular flexibility index (Phi) is 5.13. The number of aryl methyl sites for hydroxylation is 2. The van der Waals surface area contributed by atoms with Crippen LogP contribution in [0.4, 0.5) is 0 Å². The van der Waals surface area contributed by atoms with Gasteiger partial charge in [-0.1, -0.05) is 34.1 Å². The van der Waals surface area contributed by atoms with E-state index in [-0.39, 0.29) is 6.04 Å². The van der Waals surface area contributed by atoms with Crippen molar-refractivity contribution in [3.05, 3.63) is 63.6 Å². The fourth-order valence-electron chi connectivity index (χ4n) is 1.94. The Labute approximate surface area is 131 Å². The molecule has 0 bridgehead atoms. The van der Waals surface area contributed by atoms with E-state index in [1.54, 1.807) is 0 Å². The zero-order chi connectivity index (χ0) is 14.7. The zero-order valence-electron chi connectivity index (χ0n) is 11.6. The van der Waals surface area contributed by atoms with Gasteiger partial charge in [0.25, 0.3) is 0 Å². The average Bonchev–Trinajstić information content (AvgIpc) is 2.42. The second-order valence-corrected chi connectivity index (χ2v) is 7.33. The van der Waals surface area contributed by atoms with Crippen molar-refractivity contribution in [1.29, 1.82) is 0 Å². The zero-order valence-corrected chi connectivity index (χ0v) is 14.0. The van der Waals surface area contributed by atoms with E-state index in [9.17, 15) is 4.21 Å². The van der Waals surface area contributed by atoms with Crippen LogP contribution in [0.5, 0.6) is 0 Å². The fourth-order valence-corrected chi connectivity index (χ4v) is 3.35. The number of halogens is 1. The molecule has 0 aromatic heterocycles. The Balaban J connectivity index is 2.10. The molecule has 2 aromatic carbocycles. The van der Waals surface area contributed by atoms with E-state index >= 15 is 0 Å². The van der Waals surface area contributed by atoms with Crippen molar-refractivity contribution in [2.24, 2.45) is 5.73 Å². The molecule has 0 saturated carbocycles. The van der Waals surface area contributed by atoms with Gasteiger partial charge in [0.05, 0.1) is 10.8 Å². The van der Waals surface area contributed by atoms with Crippen LogP contribution >= 0.6 is 15.9 Å². The van der Waals surface area contributed by atoms with E-state index in [0.717, 1.165) is 14.9 Å². The normalized spacial score (nSPS) is 14.0. The lowest BCUT2D eigenvalue weighted by Gasteiger charge is -2.13. The molecule has 0 radical (unpaired) electrons. The summed E-state index contributed by atoms with van der Waals surface area (Å²) >= 11 is 3.37. The van der Waals surface area contributed by atoms with E-state index < -0.39 is 10.8 Å². The van der Waals surface area contributed by atoms with Crippen LogP contribution in [0.15, 0.2) is 51.8 Å². The van der Waals surface area contributed by atoms with Gasteiger partial charge in [0, 0.05) is 21.2 Å².